The van der Waals surface area contributed by atoms with Crippen molar-refractivity contribution in [3.63, 3.8) is 0 Å². The SMILES string of the molecule is C=CC(=O)N1C[C@H](C)N(c2nc(=O)n(-c3c(C(C)C)nc(C#N)nc3C(C)C)c3nc(-c4ccccc4F)c(Cl)cc23)C[C@H]1C. The molecule has 1 aromatic carbocycles. The number of hydrogen-bond acceptors (Lipinski definition) is 8. The van der Waals surface area contributed by atoms with Gasteiger partial charge in [0.05, 0.1) is 33.2 Å². The second kappa shape index (κ2) is 12.4. The Morgan fingerprint density at radius 3 is 2.29 bits per heavy atom. The number of nitriles is 1. The highest BCUT2D eigenvalue weighted by Gasteiger charge is 2.34. The van der Waals surface area contributed by atoms with E-state index in [0.717, 1.165) is 0 Å². The van der Waals surface area contributed by atoms with Crippen molar-refractivity contribution < 1.29 is 9.18 Å². The van der Waals surface area contributed by atoms with E-state index < -0.39 is 11.5 Å². The van der Waals surface area contributed by atoms with Gasteiger partial charge in [-0.05, 0) is 50.0 Å². The smallest absolute Gasteiger partial charge is 0.349 e. The number of nitrogens with zero attached hydrogens (tertiary/aromatic N) is 8. The molecule has 1 aliphatic heterocycles. The molecule has 12 heteroatoms. The van der Waals surface area contributed by atoms with Crippen molar-refractivity contribution in [3.8, 4) is 23.0 Å². The van der Waals surface area contributed by atoms with Gasteiger partial charge in [0, 0.05) is 30.7 Å². The van der Waals surface area contributed by atoms with Crippen LogP contribution in [-0.4, -0.2) is 60.5 Å². The van der Waals surface area contributed by atoms with Gasteiger partial charge in [-0.15, -0.1) is 0 Å². The van der Waals surface area contributed by atoms with E-state index in [4.69, 9.17) is 16.6 Å². The summed E-state index contributed by atoms with van der Waals surface area (Å²) >= 11 is 6.82. The van der Waals surface area contributed by atoms with Gasteiger partial charge in [0.25, 0.3) is 0 Å². The van der Waals surface area contributed by atoms with Crippen molar-refractivity contribution in [2.45, 2.75) is 65.5 Å². The molecule has 0 saturated carbocycles. The molecule has 0 unspecified atom stereocenters. The van der Waals surface area contributed by atoms with E-state index in [1.54, 1.807) is 29.2 Å². The normalized spacial score (nSPS) is 16.8. The monoisotopic (exact) mass is 628 g/mol. The van der Waals surface area contributed by atoms with Crippen LogP contribution in [0.5, 0.6) is 0 Å². The number of aromatic nitrogens is 5. The van der Waals surface area contributed by atoms with Crippen molar-refractivity contribution in [1.82, 2.24) is 29.4 Å². The Balaban J connectivity index is 1.88. The Morgan fingerprint density at radius 2 is 1.71 bits per heavy atom. The highest BCUT2D eigenvalue weighted by Crippen LogP contribution is 2.37. The van der Waals surface area contributed by atoms with E-state index in [2.05, 4.69) is 21.5 Å². The summed E-state index contributed by atoms with van der Waals surface area (Å²) in [6.45, 7) is 15.9. The van der Waals surface area contributed by atoms with E-state index in [0.29, 0.717) is 41.4 Å². The first-order valence-electron chi connectivity index (χ1n) is 14.8. The van der Waals surface area contributed by atoms with Gasteiger partial charge in [0.1, 0.15) is 17.7 Å². The van der Waals surface area contributed by atoms with Crippen molar-refractivity contribution in [3.05, 3.63) is 81.5 Å². The average molecular weight is 629 g/mol. The van der Waals surface area contributed by atoms with Gasteiger partial charge in [-0.25, -0.2) is 28.7 Å². The first-order chi connectivity index (χ1) is 21.4. The fourth-order valence-corrected chi connectivity index (χ4v) is 6.04. The third-order valence-corrected chi connectivity index (χ3v) is 8.29. The van der Waals surface area contributed by atoms with Gasteiger partial charge in [0.15, 0.2) is 5.65 Å². The maximum absolute atomic E-state index is 15.1. The van der Waals surface area contributed by atoms with Crippen molar-refractivity contribution in [2.75, 3.05) is 18.0 Å². The summed E-state index contributed by atoms with van der Waals surface area (Å²) < 4.78 is 16.5. The van der Waals surface area contributed by atoms with E-state index >= 15 is 4.39 Å². The van der Waals surface area contributed by atoms with Crippen LogP contribution in [0.2, 0.25) is 5.02 Å². The highest BCUT2D eigenvalue weighted by molar-refractivity contribution is 6.33. The van der Waals surface area contributed by atoms with Crippen LogP contribution in [-0.2, 0) is 4.79 Å². The van der Waals surface area contributed by atoms with Crippen LogP contribution in [0.25, 0.3) is 28.0 Å². The third-order valence-electron chi connectivity index (χ3n) is 8.00. The molecule has 5 rings (SSSR count). The number of amides is 1. The van der Waals surface area contributed by atoms with Gasteiger partial charge >= 0.3 is 5.69 Å². The summed E-state index contributed by atoms with van der Waals surface area (Å²) in [6, 6.07) is 9.39. The molecule has 1 saturated heterocycles. The summed E-state index contributed by atoms with van der Waals surface area (Å²) in [5, 5.41) is 10.3. The molecule has 0 radical (unpaired) electrons. The average Bonchev–Trinajstić information content (AvgIpc) is 3.01. The highest BCUT2D eigenvalue weighted by atomic mass is 35.5. The lowest BCUT2D eigenvalue weighted by molar-refractivity contribution is -0.128. The zero-order valence-electron chi connectivity index (χ0n) is 26.0. The standard InChI is InChI=1S/C33H34ClFN8O2/c1-8-26(44)41-15-20(7)42(16-19(41)6)31-22-13-23(34)29(21-11-9-10-12-24(21)35)39-32(22)43(33(45)40-31)30-27(17(2)3)37-25(14-36)38-28(30)18(4)5/h8-13,17-20H,1,15-16H2,2-7H3/t19-,20+/m1/s1. The largest absolute Gasteiger partial charge is 0.355 e. The van der Waals surface area contributed by atoms with Crippen molar-refractivity contribution >= 4 is 34.4 Å². The number of benzene rings is 1. The Kier molecular flexibility index (Phi) is 8.72. The lowest BCUT2D eigenvalue weighted by Crippen LogP contribution is -2.58. The van der Waals surface area contributed by atoms with E-state index in [1.165, 1.54) is 16.7 Å². The van der Waals surface area contributed by atoms with Crippen LogP contribution in [0.1, 0.15) is 70.6 Å². The van der Waals surface area contributed by atoms with Gasteiger partial charge < -0.3 is 9.80 Å². The summed E-state index contributed by atoms with van der Waals surface area (Å²) in [6.07, 6.45) is 1.29. The fourth-order valence-electron chi connectivity index (χ4n) is 5.79. The maximum atomic E-state index is 15.1. The minimum absolute atomic E-state index is 0.00844. The predicted octanol–water partition coefficient (Wildman–Crippen LogP) is 5.76. The molecule has 3 aromatic heterocycles. The quantitative estimate of drug-likeness (QED) is 0.247. The van der Waals surface area contributed by atoms with Gasteiger partial charge in [-0.2, -0.15) is 10.2 Å². The zero-order valence-corrected chi connectivity index (χ0v) is 26.8. The number of halogens is 2. The topological polar surface area (TPSA) is 121 Å². The lowest BCUT2D eigenvalue weighted by Gasteiger charge is -2.44. The molecular formula is C33H34ClFN8O2. The molecule has 10 nitrogen and oxygen atoms in total. The molecule has 232 valence electrons. The molecule has 45 heavy (non-hydrogen) atoms. The van der Waals surface area contributed by atoms with Gasteiger partial charge in [0.2, 0.25) is 11.7 Å². The number of piperazine rings is 1. The van der Waals surface area contributed by atoms with Crippen LogP contribution in [0.4, 0.5) is 10.2 Å². The molecule has 4 aromatic rings. The summed E-state index contributed by atoms with van der Waals surface area (Å²) in [5.74, 6) is -0.770. The number of pyridine rings is 1. The van der Waals surface area contributed by atoms with Crippen LogP contribution >= 0.6 is 11.6 Å². The number of carbonyl (C=O) groups is 1. The number of anilines is 1. The second-order valence-electron chi connectivity index (χ2n) is 11.9. The van der Waals surface area contributed by atoms with Crippen LogP contribution in [0.3, 0.4) is 0 Å². The fraction of sp³-hybridized carbons (Fsp3) is 0.364. The van der Waals surface area contributed by atoms with E-state index in [1.807, 2.05) is 52.5 Å². The van der Waals surface area contributed by atoms with Crippen LogP contribution in [0, 0.1) is 17.1 Å². The molecule has 0 bridgehead atoms. The Morgan fingerprint density at radius 1 is 1.07 bits per heavy atom. The lowest BCUT2D eigenvalue weighted by atomic mass is 10.0. The van der Waals surface area contributed by atoms with Crippen LogP contribution < -0.4 is 10.6 Å². The molecule has 4 heterocycles. The van der Waals surface area contributed by atoms with E-state index in [-0.39, 0.29) is 57.6 Å². The van der Waals surface area contributed by atoms with Crippen molar-refractivity contribution in [2.24, 2.45) is 0 Å². The Bertz CT molecular complexity index is 1900. The molecule has 1 amide bonds. The molecule has 0 aliphatic carbocycles. The van der Waals surface area contributed by atoms with E-state index in [9.17, 15) is 14.9 Å². The third kappa shape index (κ3) is 5.66. The zero-order chi connectivity index (χ0) is 32.7. The Labute approximate surface area is 265 Å². The summed E-state index contributed by atoms with van der Waals surface area (Å²) in [5.41, 5.74) is 1.20. The molecule has 2 atom stereocenters. The number of hydrogen-bond donors (Lipinski definition) is 0. The first kappa shape index (κ1) is 31.7. The van der Waals surface area contributed by atoms with Crippen LogP contribution in [0.15, 0.2) is 47.8 Å². The maximum Gasteiger partial charge on any atom is 0.355 e. The van der Waals surface area contributed by atoms with Gasteiger partial charge in [-0.3, -0.25) is 4.79 Å². The second-order valence-corrected chi connectivity index (χ2v) is 12.3. The molecular weight excluding hydrogens is 595 g/mol. The first-order valence-corrected chi connectivity index (χ1v) is 15.2. The molecule has 0 spiro atoms. The van der Waals surface area contributed by atoms with Gasteiger partial charge in [-0.1, -0.05) is 58.0 Å². The number of carbonyl (C=O) groups excluding carboxylic acids is 1. The molecule has 0 N–H and O–H groups in total. The summed E-state index contributed by atoms with van der Waals surface area (Å²) in [7, 11) is 0. The predicted molar refractivity (Wildman–Crippen MR) is 172 cm³/mol. The number of rotatable bonds is 6. The minimum atomic E-state index is -0.645. The molecule has 1 aliphatic rings. The molecule has 1 fully saturated rings. The summed E-state index contributed by atoms with van der Waals surface area (Å²) in [4.78, 5) is 49.0. The van der Waals surface area contributed by atoms with Crippen molar-refractivity contribution in [1.29, 1.82) is 5.26 Å². The minimum Gasteiger partial charge on any atom is -0.349 e. The Hall–Kier alpha value is -4.69. The number of fused-ring (bicyclic) bond motifs is 1.